The van der Waals surface area contributed by atoms with Crippen LogP contribution in [0.15, 0.2) is 18.3 Å². The third kappa shape index (κ3) is 1.35. The molecule has 2 aromatic heterocycles. The minimum atomic E-state index is -0.506. The van der Waals surface area contributed by atoms with Crippen molar-refractivity contribution in [2.45, 2.75) is 13.0 Å². The highest BCUT2D eigenvalue weighted by Gasteiger charge is 2.11. The maximum absolute atomic E-state index is 11.5. The number of hydrogen-bond donors (Lipinski definition) is 1. The highest BCUT2D eigenvalue weighted by Crippen LogP contribution is 2.05. The van der Waals surface area contributed by atoms with Crippen molar-refractivity contribution in [3.05, 3.63) is 23.9 Å². The molecule has 0 amide bonds. The number of nitrogens with zero attached hydrogens (tertiary/aromatic N) is 4. The van der Waals surface area contributed by atoms with Gasteiger partial charge in [-0.3, -0.25) is 4.79 Å². The molecular formula is C8H9N5O. The number of hydrogen-bond acceptors (Lipinski definition) is 5. The number of pyridine rings is 1. The van der Waals surface area contributed by atoms with E-state index in [1.54, 1.807) is 25.3 Å². The topological polar surface area (TPSA) is 86.2 Å². The number of carbonyl (C=O) groups excluding carboxylic acids is 1. The van der Waals surface area contributed by atoms with Crippen LogP contribution in [0.4, 0.5) is 0 Å². The first-order chi connectivity index (χ1) is 6.68. The summed E-state index contributed by atoms with van der Waals surface area (Å²) in [6.45, 7) is 1.65. The predicted octanol–water partition coefficient (Wildman–Crippen LogP) is -0.346. The molecule has 0 saturated heterocycles. The molecule has 2 heterocycles. The summed E-state index contributed by atoms with van der Waals surface area (Å²) < 4.78 is 1.48. The standard InChI is InChI=1S/C8H9N5O/c1-5(9)8(14)6-2-3-13-7(4-6)10-11-12-13/h2-5H,9H2,1H3. The van der Waals surface area contributed by atoms with Crippen molar-refractivity contribution in [1.82, 2.24) is 20.0 Å². The van der Waals surface area contributed by atoms with Crippen LogP contribution in [0.5, 0.6) is 0 Å². The van der Waals surface area contributed by atoms with Gasteiger partial charge in [-0.2, -0.15) is 0 Å². The summed E-state index contributed by atoms with van der Waals surface area (Å²) in [7, 11) is 0. The Morgan fingerprint density at radius 2 is 2.43 bits per heavy atom. The number of carbonyl (C=O) groups is 1. The normalized spacial score (nSPS) is 13.0. The van der Waals surface area contributed by atoms with Gasteiger partial charge in [-0.15, -0.1) is 5.10 Å². The molecule has 0 aliphatic heterocycles. The highest BCUT2D eigenvalue weighted by molar-refractivity contribution is 6.00. The van der Waals surface area contributed by atoms with Crippen molar-refractivity contribution < 1.29 is 4.79 Å². The van der Waals surface area contributed by atoms with Gasteiger partial charge in [0.25, 0.3) is 0 Å². The van der Waals surface area contributed by atoms with E-state index < -0.39 is 6.04 Å². The Balaban J connectivity index is 2.48. The molecule has 6 heteroatoms. The molecule has 0 aromatic carbocycles. The first kappa shape index (κ1) is 8.76. The summed E-state index contributed by atoms with van der Waals surface area (Å²) in [6.07, 6.45) is 1.63. The second-order valence-corrected chi connectivity index (χ2v) is 3.05. The average molecular weight is 191 g/mol. The van der Waals surface area contributed by atoms with E-state index in [1.165, 1.54) is 4.52 Å². The molecule has 1 unspecified atom stereocenters. The number of aromatic nitrogens is 4. The third-order valence-corrected chi connectivity index (χ3v) is 1.90. The maximum atomic E-state index is 11.5. The lowest BCUT2D eigenvalue weighted by molar-refractivity contribution is 0.0968. The van der Waals surface area contributed by atoms with Crippen LogP contribution >= 0.6 is 0 Å². The van der Waals surface area contributed by atoms with Gasteiger partial charge >= 0.3 is 0 Å². The van der Waals surface area contributed by atoms with E-state index in [4.69, 9.17) is 5.73 Å². The zero-order valence-electron chi connectivity index (χ0n) is 7.58. The largest absolute Gasteiger partial charge is 0.321 e. The summed E-state index contributed by atoms with van der Waals surface area (Å²) in [5.41, 5.74) is 6.55. The summed E-state index contributed by atoms with van der Waals surface area (Å²) in [6, 6.07) is 2.76. The lowest BCUT2D eigenvalue weighted by Crippen LogP contribution is -2.26. The van der Waals surface area contributed by atoms with E-state index in [9.17, 15) is 4.79 Å². The Bertz CT molecular complexity index is 475. The lowest BCUT2D eigenvalue weighted by Gasteiger charge is -2.03. The number of fused-ring (bicyclic) bond motifs is 1. The van der Waals surface area contributed by atoms with Crippen LogP contribution in [-0.2, 0) is 0 Å². The van der Waals surface area contributed by atoms with E-state index >= 15 is 0 Å². The van der Waals surface area contributed by atoms with Crippen LogP contribution in [0, 0.1) is 0 Å². The Morgan fingerprint density at radius 1 is 1.64 bits per heavy atom. The Labute approximate surface area is 79.7 Å². The first-order valence-electron chi connectivity index (χ1n) is 4.16. The first-order valence-corrected chi connectivity index (χ1v) is 4.16. The molecule has 14 heavy (non-hydrogen) atoms. The summed E-state index contributed by atoms with van der Waals surface area (Å²) in [5, 5.41) is 10.9. The van der Waals surface area contributed by atoms with Crippen LogP contribution in [-0.4, -0.2) is 31.9 Å². The monoisotopic (exact) mass is 191 g/mol. The predicted molar refractivity (Wildman–Crippen MR) is 48.8 cm³/mol. The molecular weight excluding hydrogens is 182 g/mol. The van der Waals surface area contributed by atoms with Crippen molar-refractivity contribution >= 4 is 11.4 Å². The maximum Gasteiger partial charge on any atom is 0.179 e. The summed E-state index contributed by atoms with van der Waals surface area (Å²) in [4.78, 5) is 11.5. The molecule has 6 nitrogen and oxygen atoms in total. The van der Waals surface area contributed by atoms with Crippen molar-refractivity contribution in [3.8, 4) is 0 Å². The van der Waals surface area contributed by atoms with Crippen LogP contribution in [0.25, 0.3) is 5.65 Å². The number of nitrogens with two attached hydrogens (primary N) is 1. The zero-order chi connectivity index (χ0) is 10.1. The molecule has 0 aliphatic carbocycles. The molecule has 2 N–H and O–H groups in total. The van der Waals surface area contributed by atoms with E-state index in [0.29, 0.717) is 11.2 Å². The van der Waals surface area contributed by atoms with Gasteiger partial charge in [0, 0.05) is 11.8 Å². The van der Waals surface area contributed by atoms with Gasteiger partial charge in [-0.25, -0.2) is 4.52 Å². The van der Waals surface area contributed by atoms with Crippen LogP contribution in [0.1, 0.15) is 17.3 Å². The van der Waals surface area contributed by atoms with Gasteiger partial charge in [0.15, 0.2) is 11.4 Å². The van der Waals surface area contributed by atoms with E-state index in [1.807, 2.05) is 0 Å². The molecule has 0 aliphatic rings. The molecule has 0 saturated carbocycles. The Morgan fingerprint density at radius 3 is 3.14 bits per heavy atom. The van der Waals surface area contributed by atoms with E-state index in [2.05, 4.69) is 15.5 Å². The number of rotatable bonds is 2. The van der Waals surface area contributed by atoms with Gasteiger partial charge in [-0.1, -0.05) is 0 Å². The van der Waals surface area contributed by atoms with Gasteiger partial charge in [0.05, 0.1) is 6.04 Å². The summed E-state index contributed by atoms with van der Waals surface area (Å²) >= 11 is 0. The third-order valence-electron chi connectivity index (χ3n) is 1.90. The fourth-order valence-electron chi connectivity index (χ4n) is 1.16. The zero-order valence-corrected chi connectivity index (χ0v) is 7.58. The second kappa shape index (κ2) is 3.15. The molecule has 2 aromatic rings. The van der Waals surface area contributed by atoms with Gasteiger partial charge in [0.1, 0.15) is 0 Å². The van der Waals surface area contributed by atoms with Gasteiger partial charge in [0.2, 0.25) is 0 Å². The van der Waals surface area contributed by atoms with E-state index in [0.717, 1.165) is 0 Å². The Kier molecular flexibility index (Phi) is 1.97. The molecule has 0 fully saturated rings. The van der Waals surface area contributed by atoms with Crippen molar-refractivity contribution in [3.63, 3.8) is 0 Å². The lowest BCUT2D eigenvalue weighted by atomic mass is 10.1. The van der Waals surface area contributed by atoms with Gasteiger partial charge in [-0.05, 0) is 29.5 Å². The molecule has 1 atom stereocenters. The van der Waals surface area contributed by atoms with Crippen LogP contribution < -0.4 is 5.73 Å². The fourth-order valence-corrected chi connectivity index (χ4v) is 1.16. The van der Waals surface area contributed by atoms with Crippen LogP contribution in [0.2, 0.25) is 0 Å². The van der Waals surface area contributed by atoms with Crippen LogP contribution in [0.3, 0.4) is 0 Å². The molecule has 72 valence electrons. The fraction of sp³-hybridized carbons (Fsp3) is 0.250. The molecule has 0 bridgehead atoms. The average Bonchev–Trinajstić information content (AvgIpc) is 2.62. The van der Waals surface area contributed by atoms with Crippen molar-refractivity contribution in [2.75, 3.05) is 0 Å². The molecule has 0 spiro atoms. The van der Waals surface area contributed by atoms with E-state index in [-0.39, 0.29) is 5.78 Å². The van der Waals surface area contributed by atoms with Crippen molar-refractivity contribution in [2.24, 2.45) is 5.73 Å². The van der Waals surface area contributed by atoms with Crippen molar-refractivity contribution in [1.29, 1.82) is 0 Å². The smallest absolute Gasteiger partial charge is 0.179 e. The van der Waals surface area contributed by atoms with Gasteiger partial charge < -0.3 is 5.73 Å². The second-order valence-electron chi connectivity index (χ2n) is 3.05. The molecule has 2 rings (SSSR count). The SMILES string of the molecule is CC(N)C(=O)c1ccn2nnnc2c1. The Hall–Kier alpha value is -1.82. The minimum Gasteiger partial charge on any atom is -0.321 e. The summed E-state index contributed by atoms with van der Waals surface area (Å²) in [5.74, 6) is -0.115. The molecule has 0 radical (unpaired) electrons. The quantitative estimate of drug-likeness (QED) is 0.656. The number of ketones is 1. The number of tetrazole rings is 1. The highest BCUT2D eigenvalue weighted by atomic mass is 16.1. The minimum absolute atomic E-state index is 0.115. The number of Topliss-reactive ketones (excluding diaryl/α,β-unsaturated/α-hetero) is 1.